The number of nitrogens with zero attached hydrogens (tertiary/aromatic N) is 2. The molecule has 2 unspecified atom stereocenters. The van der Waals surface area contributed by atoms with E-state index in [0.29, 0.717) is 0 Å². The van der Waals surface area contributed by atoms with Crippen LogP contribution in [-0.4, -0.2) is 206 Å². The SMILES string of the molecule is Cc1cn([C@H]2C[C@H](OP(=O)(O)OC(=O)CNC(=O)CNC(=O)[C@@H](NC(=O)[C@H](C)NC(=O)CN)[C@@H](C)O)[C@@H](COP(=O)(O)OC(=O)[C@H](CS)NC(=O)[C@@H](NC(=O)[C@H](C)NC(=O)[C@H](C)NC(=O)[C@H](CS)NC(=O)CN)[C@@H](C)O)O2)c(=O)nc1N. The molecule has 1 fully saturated rings. The van der Waals surface area contributed by atoms with Crippen molar-refractivity contribution in [3.8, 4) is 0 Å². The zero-order valence-corrected chi connectivity index (χ0v) is 48.2. The molecule has 41 heteroatoms. The number of aryl methyl sites for hydroxylation is 1. The predicted molar refractivity (Wildman–Crippen MR) is 285 cm³/mol. The summed E-state index contributed by atoms with van der Waals surface area (Å²) in [6, 6.07) is -10.5. The molecule has 14 atom stereocenters. The Balaban J connectivity index is 2.13. The fourth-order valence-electron chi connectivity index (χ4n) is 6.56. The Morgan fingerprint density at radius 2 is 1.21 bits per heavy atom. The zero-order chi connectivity index (χ0) is 62.6. The molecule has 37 nitrogen and oxygen atoms in total. The number of carbonyl (C=O) groups is 11. The summed E-state index contributed by atoms with van der Waals surface area (Å²) in [6.45, 7) is 3.25. The highest BCUT2D eigenvalue weighted by molar-refractivity contribution is 7.80. The molecule has 19 N–H and O–H groups in total. The Labute approximate surface area is 477 Å². The number of ether oxygens (including phenoxy) is 1. The van der Waals surface area contributed by atoms with Crippen molar-refractivity contribution < 1.29 is 105 Å². The Morgan fingerprint density at radius 1 is 0.695 bits per heavy atom. The molecule has 0 radical (unpaired) electrons. The van der Waals surface area contributed by atoms with Crippen LogP contribution >= 0.6 is 40.9 Å². The first-order chi connectivity index (χ1) is 38.1. The molecule has 1 aliphatic heterocycles. The lowest BCUT2D eigenvalue weighted by atomic mass is 10.1. The topological polar surface area (TPSA) is 570 Å². The fraction of sp³-hybridized carbons (Fsp3) is 0.634. The van der Waals surface area contributed by atoms with Crippen molar-refractivity contribution in [1.82, 2.24) is 57.4 Å². The van der Waals surface area contributed by atoms with E-state index in [4.69, 9.17) is 31.0 Å². The Hall–Kier alpha value is -6.35. The van der Waals surface area contributed by atoms with Gasteiger partial charge in [-0.1, -0.05) is 0 Å². The van der Waals surface area contributed by atoms with Crippen LogP contribution < -0.4 is 70.7 Å². The molecule has 1 aromatic rings. The highest BCUT2D eigenvalue weighted by atomic mass is 32.1. The third kappa shape index (κ3) is 23.5. The summed E-state index contributed by atoms with van der Waals surface area (Å²) >= 11 is 7.93. The number of thiol groups is 2. The lowest BCUT2D eigenvalue weighted by molar-refractivity contribution is -0.142. The van der Waals surface area contributed by atoms with Gasteiger partial charge in [-0.2, -0.15) is 30.2 Å². The van der Waals surface area contributed by atoms with Crippen LogP contribution in [0.3, 0.4) is 0 Å². The number of aliphatic hydroxyl groups is 2. The van der Waals surface area contributed by atoms with Gasteiger partial charge in [-0.25, -0.2) is 23.5 Å². The first-order valence-corrected chi connectivity index (χ1v) is 28.4. The second-order valence-electron chi connectivity index (χ2n) is 17.8. The number of nitrogen functional groups attached to an aromatic ring is 1. The summed E-state index contributed by atoms with van der Waals surface area (Å²) in [7, 11) is -11.2. The van der Waals surface area contributed by atoms with Crippen LogP contribution in [0.1, 0.15) is 52.8 Å². The lowest BCUT2D eigenvalue weighted by Crippen LogP contribution is -2.60. The van der Waals surface area contributed by atoms with Crippen molar-refractivity contribution in [2.45, 2.75) is 121 Å². The van der Waals surface area contributed by atoms with Crippen LogP contribution in [0.5, 0.6) is 0 Å². The zero-order valence-electron chi connectivity index (χ0n) is 44.6. The lowest BCUT2D eigenvalue weighted by Gasteiger charge is -2.26. The number of nitrogens with two attached hydrogens (primary N) is 3. The largest absolute Gasteiger partial charge is 0.530 e. The third-order valence-corrected chi connectivity index (χ3v) is 13.6. The Bertz CT molecular complexity index is 2670. The average molecular weight is 1250 g/mol. The van der Waals surface area contributed by atoms with E-state index in [-0.39, 0.29) is 17.1 Å². The molecular weight excluding hydrogens is 1180 g/mol. The quantitative estimate of drug-likeness (QED) is 0.0235. The number of anilines is 1. The van der Waals surface area contributed by atoms with E-state index in [1.165, 1.54) is 33.9 Å². The molecule has 0 spiro atoms. The highest BCUT2D eigenvalue weighted by Crippen LogP contribution is 2.50. The monoisotopic (exact) mass is 1250 g/mol. The molecule has 1 saturated heterocycles. The summed E-state index contributed by atoms with van der Waals surface area (Å²) < 4.78 is 52.1. The van der Waals surface area contributed by atoms with E-state index in [1.807, 2.05) is 5.32 Å². The number of hydrogen-bond acceptors (Lipinski definition) is 27. The molecule has 0 saturated carbocycles. The second kappa shape index (κ2) is 33.1. The maximum atomic E-state index is 13.3. The van der Waals surface area contributed by atoms with E-state index in [9.17, 15) is 86.7 Å². The van der Waals surface area contributed by atoms with Crippen LogP contribution in [-0.2, 0) is 84.7 Å². The van der Waals surface area contributed by atoms with Crippen LogP contribution in [0.4, 0.5) is 5.82 Å². The van der Waals surface area contributed by atoms with Crippen LogP contribution in [0, 0.1) is 6.92 Å². The number of nitrogens with one attached hydrogen (secondary N) is 9. The maximum Gasteiger partial charge on any atom is 0.530 e. The highest BCUT2D eigenvalue weighted by Gasteiger charge is 2.45. The first-order valence-electron chi connectivity index (χ1n) is 24.2. The van der Waals surface area contributed by atoms with Gasteiger partial charge >= 0.3 is 33.3 Å². The van der Waals surface area contributed by atoms with Gasteiger partial charge < -0.3 is 89.0 Å². The molecule has 0 aromatic carbocycles. The van der Waals surface area contributed by atoms with Gasteiger partial charge in [0.2, 0.25) is 53.2 Å². The predicted octanol–water partition coefficient (Wildman–Crippen LogP) is -8.67. The Morgan fingerprint density at radius 3 is 1.74 bits per heavy atom. The van der Waals surface area contributed by atoms with Crippen LogP contribution in [0.2, 0.25) is 0 Å². The fourth-order valence-corrected chi connectivity index (χ4v) is 8.73. The molecule has 1 aliphatic rings. The maximum absolute atomic E-state index is 13.3. The number of carbonyl (C=O) groups excluding carboxylic acids is 11. The molecule has 82 heavy (non-hydrogen) atoms. The van der Waals surface area contributed by atoms with Crippen molar-refractivity contribution >= 4 is 112 Å². The van der Waals surface area contributed by atoms with E-state index in [0.717, 1.165) is 18.4 Å². The molecule has 9 amide bonds. The molecule has 0 aliphatic carbocycles. The molecule has 1 aromatic heterocycles. The third-order valence-electron chi connectivity index (χ3n) is 11.0. The van der Waals surface area contributed by atoms with Gasteiger partial charge in [0.1, 0.15) is 73.1 Å². The van der Waals surface area contributed by atoms with E-state index >= 15 is 0 Å². The number of aromatic nitrogens is 2. The van der Waals surface area contributed by atoms with Crippen LogP contribution in [0.15, 0.2) is 11.0 Å². The molecule has 0 bridgehead atoms. The number of hydrogen-bond donors (Lipinski definition) is 18. The van der Waals surface area contributed by atoms with Crippen molar-refractivity contribution in [2.75, 3.05) is 50.0 Å². The minimum absolute atomic E-state index is 0.161. The number of rotatable bonds is 32. The molecule has 462 valence electrons. The standard InChI is InChI=1S/C41H68N14O23P2S2/c1-16-12-55(41(69)54-33(16)44)29-7-24(76-80(72,73)77-30(61)11-45-28(60)10-46-38(66)31(20(5)56)52-35(63)17(2)47-26(58)8-42)25(75-29)13-74-79(70,71)78-40(68)23(15-82)51-39(67)32(21(6)57)53-36(64)19(4)48-34(62)18(3)49-37(65)22(14-81)50-27(59)9-43/h12,17-25,29,31-32,56-57,81-82H,7-11,13-15,42-43H2,1-6H3,(H,45,60)(H,46,66)(H,47,58)(H,48,62)(H,49,65)(H,50,59)(H,51,67)(H,52,63)(H,53,64)(H,70,71)(H,72,73)(H2,44,54,69)/t17-,18-,19-,20+,21+,22-,23-,24-,25+,29+,31-,32-/m0/s1. The van der Waals surface area contributed by atoms with Gasteiger partial charge in [-0.3, -0.25) is 66.6 Å². The minimum atomic E-state index is -5.62. The van der Waals surface area contributed by atoms with Crippen molar-refractivity contribution in [3.63, 3.8) is 0 Å². The van der Waals surface area contributed by atoms with Crippen LogP contribution in [0.25, 0.3) is 0 Å². The normalized spacial score (nSPS) is 19.6. The van der Waals surface area contributed by atoms with Gasteiger partial charge in [0.15, 0.2) is 0 Å². The van der Waals surface area contributed by atoms with Gasteiger partial charge in [0.25, 0.3) is 0 Å². The number of aliphatic hydroxyl groups excluding tert-OH is 2. The van der Waals surface area contributed by atoms with E-state index in [1.54, 1.807) is 0 Å². The van der Waals surface area contributed by atoms with Gasteiger partial charge in [-0.15, -0.1) is 0 Å². The summed E-state index contributed by atoms with van der Waals surface area (Å²) in [4.78, 5) is 176. The van der Waals surface area contributed by atoms with E-state index < -0.39 is 204 Å². The van der Waals surface area contributed by atoms with Crippen molar-refractivity contribution in [3.05, 3.63) is 22.2 Å². The summed E-state index contributed by atoms with van der Waals surface area (Å²) in [6.07, 6.45) is -7.69. The van der Waals surface area contributed by atoms with E-state index in [2.05, 4.69) is 81.8 Å². The summed E-state index contributed by atoms with van der Waals surface area (Å²) in [5, 5.41) is 40.0. The summed E-state index contributed by atoms with van der Waals surface area (Å²) in [5.41, 5.74) is 15.4. The number of amides is 9. The van der Waals surface area contributed by atoms with Gasteiger partial charge in [0, 0.05) is 29.7 Å². The smallest absolute Gasteiger partial charge is 0.391 e. The minimum Gasteiger partial charge on any atom is -0.391 e. The van der Waals surface area contributed by atoms with Crippen molar-refractivity contribution in [2.24, 2.45) is 11.5 Å². The van der Waals surface area contributed by atoms with Crippen molar-refractivity contribution in [1.29, 1.82) is 0 Å². The number of phosphoric ester groups is 2. The average Bonchev–Trinajstić information content (AvgIpc) is 3.78. The molecular formula is C41H68N14O23P2S2. The molecule has 2 heterocycles. The number of phosphoric acid groups is 2. The summed E-state index contributed by atoms with van der Waals surface area (Å²) in [5.74, 6) is -12.8. The van der Waals surface area contributed by atoms with Gasteiger partial charge in [-0.05, 0) is 41.5 Å². The second-order valence-corrected chi connectivity index (χ2v) is 21.2. The van der Waals surface area contributed by atoms with Gasteiger partial charge in [0.05, 0.1) is 38.4 Å². The Kier molecular flexibility index (Phi) is 28.9. The first kappa shape index (κ1) is 71.8. The molecule has 2 rings (SSSR count).